The van der Waals surface area contributed by atoms with Gasteiger partial charge >= 0.3 is 6.18 Å². The van der Waals surface area contributed by atoms with Crippen LogP contribution in [0, 0.1) is 24.7 Å². The number of phenolic OH excluding ortho intramolecular Hbond substituents is 1. The molecule has 6 atom stereocenters. The number of aromatic nitrogens is 1. The Morgan fingerprint density at radius 2 is 1.73 bits per heavy atom. The second-order valence-electron chi connectivity index (χ2n) is 11.6. The zero-order valence-electron chi connectivity index (χ0n) is 23.3. The molecule has 0 spiro atoms. The first kappa shape index (κ1) is 30.7. The Hall–Kier alpha value is -3.35. The van der Waals surface area contributed by atoms with Crippen molar-refractivity contribution in [1.29, 1.82) is 0 Å². The van der Waals surface area contributed by atoms with Gasteiger partial charge in [-0.3, -0.25) is 29.1 Å². The van der Waals surface area contributed by atoms with E-state index in [0.717, 1.165) is 21.0 Å². The van der Waals surface area contributed by atoms with Crippen LogP contribution < -0.4 is 5.01 Å². The Bertz CT molecular complexity index is 1700. The van der Waals surface area contributed by atoms with Gasteiger partial charge in [0.2, 0.25) is 0 Å². The first-order chi connectivity index (χ1) is 20.4. The first-order valence-corrected chi connectivity index (χ1v) is 14.6. The normalized spacial score (nSPS) is 31.6. The van der Waals surface area contributed by atoms with Gasteiger partial charge in [0.15, 0.2) is 15.6 Å². The second-order valence-corrected chi connectivity index (χ2v) is 13.2. The number of benzene rings is 1. The number of imide groups is 2. The lowest BCUT2D eigenvalue weighted by Crippen LogP contribution is -2.60. The minimum atomic E-state index is -4.81. The van der Waals surface area contributed by atoms with Gasteiger partial charge in [0.05, 0.1) is 16.9 Å². The monoisotopic (exact) mass is 670 g/mol. The molecule has 6 unspecified atom stereocenters. The number of hydrazine groups is 1. The van der Waals surface area contributed by atoms with Crippen LogP contribution in [0.15, 0.2) is 42.0 Å². The van der Waals surface area contributed by atoms with Gasteiger partial charge in [0, 0.05) is 20.0 Å². The van der Waals surface area contributed by atoms with Crippen LogP contribution in [-0.4, -0.2) is 67.5 Å². The number of carbonyl (C=O) groups is 4. The average molecular weight is 672 g/mol. The first-order valence-electron chi connectivity index (χ1n) is 13.5. The van der Waals surface area contributed by atoms with Crippen LogP contribution >= 0.6 is 34.8 Å². The number of aromatic hydroxyl groups is 1. The maximum Gasteiger partial charge on any atom is 0.433 e. The predicted octanol–water partition coefficient (Wildman–Crippen LogP) is 4.81. The third-order valence-electron chi connectivity index (χ3n) is 9.27. The maximum absolute atomic E-state index is 14.1. The van der Waals surface area contributed by atoms with Crippen molar-refractivity contribution in [2.75, 3.05) is 19.1 Å². The molecule has 6 rings (SSSR count). The molecule has 2 aromatic rings. The van der Waals surface area contributed by atoms with Crippen molar-refractivity contribution in [2.24, 2.45) is 17.8 Å². The lowest BCUT2D eigenvalue weighted by molar-refractivity contribution is -0.141. The van der Waals surface area contributed by atoms with Crippen molar-refractivity contribution >= 4 is 64.2 Å². The topological polar surface area (TPSA) is 111 Å². The Labute approximate surface area is 264 Å². The van der Waals surface area contributed by atoms with E-state index in [-0.39, 0.29) is 23.6 Å². The maximum atomic E-state index is 14.1. The third-order valence-corrected chi connectivity index (χ3v) is 11.0. The van der Waals surface area contributed by atoms with Crippen LogP contribution in [0.3, 0.4) is 0 Å². The number of hydrogen-bond donors (Lipinski definition) is 1. The smallest absolute Gasteiger partial charge is 0.433 e. The standard InChI is InChI=1S/C29H24Cl3F3N4O5/c1-12-10-13(4-8-18(12)40)21-14-5-6-15-20(16(14)11-27(31)25(43)37(2)26(44)28(21,27)32)24(42)39(23(15)41)38(3)22-17(30)7-9-19(36-22)29(33,34)35/h4-5,7-10,15-16,20-21,40H,6,11H2,1-3H3. The second kappa shape index (κ2) is 9.82. The van der Waals surface area contributed by atoms with E-state index in [1.54, 1.807) is 25.1 Å². The largest absolute Gasteiger partial charge is 0.508 e. The van der Waals surface area contributed by atoms with Crippen LogP contribution in [-0.2, 0) is 25.4 Å². The number of anilines is 1. The quantitative estimate of drug-likeness (QED) is 0.283. The summed E-state index contributed by atoms with van der Waals surface area (Å²) in [4.78, 5) is 55.5. The number of carbonyl (C=O) groups excluding carboxylic acids is 4. The highest BCUT2D eigenvalue weighted by atomic mass is 35.5. The fraction of sp³-hybridized carbons (Fsp3) is 0.414. The number of amides is 4. The number of nitrogens with zero attached hydrogens (tertiary/aromatic N) is 4. The molecule has 2 aliphatic carbocycles. The summed E-state index contributed by atoms with van der Waals surface area (Å²) >= 11 is 20.4. The third kappa shape index (κ3) is 3.96. The number of allylic oxidation sites excluding steroid dienone is 2. The Kier molecular flexibility index (Phi) is 6.85. The SMILES string of the molecule is Cc1cc(C2C3=CCC4C(=O)N(N(C)c5nc(C(F)(F)F)ccc5Cl)C(=O)C4C3CC3(Cl)C(=O)N(C)C(=O)C23Cl)ccc1O. The van der Waals surface area contributed by atoms with Crippen LogP contribution in [0.25, 0.3) is 0 Å². The fourth-order valence-corrected chi connectivity index (χ4v) is 8.41. The van der Waals surface area contributed by atoms with E-state index in [0.29, 0.717) is 22.8 Å². The average Bonchev–Trinajstić information content (AvgIpc) is 3.28. The molecular weight excluding hydrogens is 648 g/mol. The van der Waals surface area contributed by atoms with Crippen molar-refractivity contribution in [3.05, 3.63) is 63.8 Å². The van der Waals surface area contributed by atoms with Crippen molar-refractivity contribution < 1.29 is 37.5 Å². The van der Waals surface area contributed by atoms with Crippen molar-refractivity contribution in [2.45, 2.75) is 41.6 Å². The van der Waals surface area contributed by atoms with Crippen LogP contribution in [0.1, 0.15) is 35.6 Å². The summed E-state index contributed by atoms with van der Waals surface area (Å²) in [5.74, 6) is -7.28. The molecule has 3 fully saturated rings. The van der Waals surface area contributed by atoms with E-state index < -0.39 is 74.7 Å². The van der Waals surface area contributed by atoms with Gasteiger partial charge in [-0.2, -0.15) is 18.2 Å². The zero-order valence-corrected chi connectivity index (χ0v) is 25.6. The molecule has 0 radical (unpaired) electrons. The molecular formula is C29H24Cl3F3N4O5. The van der Waals surface area contributed by atoms with E-state index in [4.69, 9.17) is 34.8 Å². The highest BCUT2D eigenvalue weighted by molar-refractivity contribution is 6.53. The number of likely N-dealkylation sites (tertiary alicyclic amines) is 1. The van der Waals surface area contributed by atoms with Crippen LogP contribution in [0.4, 0.5) is 19.0 Å². The lowest BCUT2D eigenvalue weighted by atomic mass is 9.56. The van der Waals surface area contributed by atoms with Crippen molar-refractivity contribution in [3.8, 4) is 5.75 Å². The molecule has 4 aliphatic rings. The predicted molar refractivity (Wildman–Crippen MR) is 153 cm³/mol. The highest BCUT2D eigenvalue weighted by Crippen LogP contribution is 2.65. The van der Waals surface area contributed by atoms with E-state index >= 15 is 0 Å². The molecule has 4 amide bonds. The fourth-order valence-electron chi connectivity index (χ4n) is 7.17. The van der Waals surface area contributed by atoms with E-state index in [9.17, 15) is 37.5 Å². The Morgan fingerprint density at radius 3 is 2.36 bits per heavy atom. The number of hydrogen-bond acceptors (Lipinski definition) is 7. The summed E-state index contributed by atoms with van der Waals surface area (Å²) < 4.78 is 40.3. The van der Waals surface area contributed by atoms with Gasteiger partial charge in [-0.1, -0.05) is 35.4 Å². The molecule has 15 heteroatoms. The lowest BCUT2D eigenvalue weighted by Gasteiger charge is -2.50. The number of fused-ring (bicyclic) bond motifs is 4. The molecule has 1 aromatic heterocycles. The summed E-state index contributed by atoms with van der Waals surface area (Å²) in [6, 6.07) is 6.27. The number of rotatable bonds is 3. The minimum Gasteiger partial charge on any atom is -0.508 e. The molecule has 1 aromatic carbocycles. The van der Waals surface area contributed by atoms with Gasteiger partial charge in [0.1, 0.15) is 11.4 Å². The zero-order chi connectivity index (χ0) is 32.3. The number of aryl methyl sites for hydroxylation is 1. The summed E-state index contributed by atoms with van der Waals surface area (Å²) in [7, 11) is 2.48. The van der Waals surface area contributed by atoms with Gasteiger partial charge in [-0.05, 0) is 55.0 Å². The molecule has 0 bridgehead atoms. The van der Waals surface area contributed by atoms with E-state index in [2.05, 4.69) is 4.98 Å². The van der Waals surface area contributed by atoms with Gasteiger partial charge in [-0.15, -0.1) is 23.2 Å². The molecule has 1 saturated carbocycles. The van der Waals surface area contributed by atoms with Crippen LogP contribution in [0.2, 0.25) is 5.02 Å². The molecule has 3 heterocycles. The summed E-state index contributed by atoms with van der Waals surface area (Å²) in [6.07, 6.45) is -3.30. The minimum absolute atomic E-state index is 0.0115. The number of phenols is 1. The van der Waals surface area contributed by atoms with Gasteiger partial charge in [-0.25, -0.2) is 4.98 Å². The van der Waals surface area contributed by atoms with Crippen LogP contribution in [0.5, 0.6) is 5.75 Å². The van der Waals surface area contributed by atoms with Gasteiger partial charge in [0.25, 0.3) is 23.6 Å². The summed E-state index contributed by atoms with van der Waals surface area (Å²) in [6.45, 7) is 1.65. The number of alkyl halides is 5. The molecule has 9 nitrogen and oxygen atoms in total. The highest BCUT2D eigenvalue weighted by Gasteiger charge is 2.76. The molecule has 1 N–H and O–H groups in total. The Balaban J connectivity index is 1.46. The molecule has 2 aliphatic heterocycles. The summed E-state index contributed by atoms with van der Waals surface area (Å²) in [5, 5.41) is 11.6. The molecule has 232 valence electrons. The van der Waals surface area contributed by atoms with Crippen molar-refractivity contribution in [3.63, 3.8) is 0 Å². The molecule has 44 heavy (non-hydrogen) atoms. The Morgan fingerprint density at radius 1 is 1.05 bits per heavy atom. The summed E-state index contributed by atoms with van der Waals surface area (Å²) in [5.41, 5.74) is 0.200. The van der Waals surface area contributed by atoms with Crippen molar-refractivity contribution in [1.82, 2.24) is 14.9 Å². The van der Waals surface area contributed by atoms with E-state index in [1.165, 1.54) is 20.2 Å². The van der Waals surface area contributed by atoms with Gasteiger partial charge < -0.3 is 5.11 Å². The number of pyridine rings is 1. The van der Waals surface area contributed by atoms with E-state index in [1.807, 2.05) is 0 Å². The number of halogens is 6. The molecule has 2 saturated heterocycles.